The van der Waals surface area contributed by atoms with Gasteiger partial charge in [-0.1, -0.05) is 6.07 Å². The Balaban J connectivity index is 2.50. The summed E-state index contributed by atoms with van der Waals surface area (Å²) >= 11 is 0. The number of para-hydroxylation sites is 1. The molecule has 110 valence electrons. The second kappa shape index (κ2) is 6.13. The predicted octanol–water partition coefficient (Wildman–Crippen LogP) is 3.33. The van der Waals surface area contributed by atoms with Crippen LogP contribution >= 0.6 is 0 Å². The van der Waals surface area contributed by atoms with Crippen molar-refractivity contribution in [3.05, 3.63) is 47.8 Å². The highest BCUT2D eigenvalue weighted by molar-refractivity contribution is 5.91. The molecule has 0 unspecified atom stereocenters. The first-order chi connectivity index (χ1) is 10.1. The minimum absolute atomic E-state index is 0.00769. The molecule has 0 fully saturated rings. The summed E-state index contributed by atoms with van der Waals surface area (Å²) in [5.74, 6) is -1.00. The Morgan fingerprint density at radius 3 is 2.19 bits per heavy atom. The number of hydrogen-bond donors (Lipinski definition) is 1. The highest BCUT2D eigenvalue weighted by atomic mass is 19.1. The summed E-state index contributed by atoms with van der Waals surface area (Å²) in [4.78, 5) is 11.2. The minimum atomic E-state index is -1.29. The second-order valence-electron chi connectivity index (χ2n) is 4.04. The maximum Gasteiger partial charge on any atom is 0.339 e. The SMILES string of the molecule is COc1cccc(OC)c1Oc1ccc(F)cc1C(=O)O. The molecule has 2 aromatic carbocycles. The van der Waals surface area contributed by atoms with Gasteiger partial charge in [0.05, 0.1) is 14.2 Å². The lowest BCUT2D eigenvalue weighted by molar-refractivity contribution is 0.0693. The van der Waals surface area contributed by atoms with Crippen LogP contribution in [0, 0.1) is 5.82 Å². The smallest absolute Gasteiger partial charge is 0.339 e. The first kappa shape index (κ1) is 14.6. The van der Waals surface area contributed by atoms with E-state index in [9.17, 15) is 9.18 Å². The van der Waals surface area contributed by atoms with Crippen molar-refractivity contribution in [1.82, 2.24) is 0 Å². The van der Waals surface area contributed by atoms with Gasteiger partial charge in [0.2, 0.25) is 5.75 Å². The fourth-order valence-corrected chi connectivity index (χ4v) is 1.79. The van der Waals surface area contributed by atoms with Crippen LogP contribution in [0.1, 0.15) is 10.4 Å². The van der Waals surface area contributed by atoms with Gasteiger partial charge < -0.3 is 19.3 Å². The van der Waals surface area contributed by atoms with Crippen molar-refractivity contribution in [3.8, 4) is 23.0 Å². The summed E-state index contributed by atoms with van der Waals surface area (Å²) in [7, 11) is 2.90. The van der Waals surface area contributed by atoms with Gasteiger partial charge in [0.1, 0.15) is 17.1 Å². The summed E-state index contributed by atoms with van der Waals surface area (Å²) < 4.78 is 29.1. The molecule has 1 N–H and O–H groups in total. The number of rotatable bonds is 5. The number of carbonyl (C=O) groups is 1. The number of halogens is 1. The third kappa shape index (κ3) is 3.05. The van der Waals surface area contributed by atoms with Gasteiger partial charge in [-0.3, -0.25) is 0 Å². The zero-order chi connectivity index (χ0) is 15.4. The average Bonchev–Trinajstić information content (AvgIpc) is 2.48. The van der Waals surface area contributed by atoms with Gasteiger partial charge in [-0.25, -0.2) is 9.18 Å². The minimum Gasteiger partial charge on any atom is -0.493 e. The van der Waals surface area contributed by atoms with Crippen LogP contribution in [-0.4, -0.2) is 25.3 Å². The Labute approximate surface area is 120 Å². The average molecular weight is 292 g/mol. The van der Waals surface area contributed by atoms with E-state index < -0.39 is 11.8 Å². The standard InChI is InChI=1S/C15H13FO5/c1-19-12-4-3-5-13(20-2)14(12)21-11-7-6-9(16)8-10(11)15(17)18/h3-8H,1-2H3,(H,17,18). The van der Waals surface area contributed by atoms with Gasteiger partial charge in [-0.15, -0.1) is 0 Å². The monoisotopic (exact) mass is 292 g/mol. The predicted molar refractivity (Wildman–Crippen MR) is 73.0 cm³/mol. The molecule has 0 bridgehead atoms. The third-order valence-corrected chi connectivity index (χ3v) is 2.77. The number of hydrogen-bond acceptors (Lipinski definition) is 4. The molecule has 0 heterocycles. The molecule has 6 heteroatoms. The van der Waals surface area contributed by atoms with Gasteiger partial charge in [0.25, 0.3) is 0 Å². The van der Waals surface area contributed by atoms with Crippen molar-refractivity contribution >= 4 is 5.97 Å². The highest BCUT2D eigenvalue weighted by Crippen LogP contribution is 2.40. The number of aromatic carboxylic acids is 1. The number of benzene rings is 2. The number of methoxy groups -OCH3 is 2. The van der Waals surface area contributed by atoms with Crippen LogP contribution in [0.3, 0.4) is 0 Å². The lowest BCUT2D eigenvalue weighted by Crippen LogP contribution is -2.02. The summed E-state index contributed by atoms with van der Waals surface area (Å²) in [6.45, 7) is 0. The molecule has 0 aliphatic rings. The summed E-state index contributed by atoms with van der Waals surface area (Å²) in [5.41, 5.74) is -0.289. The Bertz CT molecular complexity index is 647. The van der Waals surface area contributed by atoms with Crippen LogP contribution in [0.2, 0.25) is 0 Å². The maximum atomic E-state index is 13.2. The number of carboxylic acids is 1. The van der Waals surface area contributed by atoms with Crippen LogP contribution in [0.25, 0.3) is 0 Å². The van der Waals surface area contributed by atoms with Crippen molar-refractivity contribution in [2.45, 2.75) is 0 Å². The van der Waals surface area contributed by atoms with Gasteiger partial charge in [0.15, 0.2) is 11.5 Å². The number of ether oxygens (including phenoxy) is 3. The van der Waals surface area contributed by atoms with Gasteiger partial charge in [-0.2, -0.15) is 0 Å². The first-order valence-electron chi connectivity index (χ1n) is 5.98. The van der Waals surface area contributed by atoms with Crippen LogP contribution in [0.4, 0.5) is 4.39 Å². The lowest BCUT2D eigenvalue weighted by Gasteiger charge is -2.15. The molecule has 0 aliphatic carbocycles. The van der Waals surface area contributed by atoms with Gasteiger partial charge >= 0.3 is 5.97 Å². The molecule has 0 spiro atoms. The Morgan fingerprint density at radius 1 is 1.05 bits per heavy atom. The van der Waals surface area contributed by atoms with Crippen LogP contribution in [0.15, 0.2) is 36.4 Å². The summed E-state index contributed by atoms with van der Waals surface area (Å²) in [6.07, 6.45) is 0. The van der Waals surface area contributed by atoms with E-state index in [4.69, 9.17) is 19.3 Å². The number of carboxylic acid groups (broad SMARTS) is 1. The molecule has 5 nitrogen and oxygen atoms in total. The van der Waals surface area contributed by atoms with Crippen molar-refractivity contribution in [1.29, 1.82) is 0 Å². The quantitative estimate of drug-likeness (QED) is 0.915. The molecule has 21 heavy (non-hydrogen) atoms. The molecule has 0 atom stereocenters. The van der Waals surface area contributed by atoms with E-state index >= 15 is 0 Å². The first-order valence-corrected chi connectivity index (χ1v) is 5.98. The maximum absolute atomic E-state index is 13.2. The van der Waals surface area contributed by atoms with E-state index in [1.165, 1.54) is 20.3 Å². The van der Waals surface area contributed by atoms with E-state index in [1.807, 2.05) is 0 Å². The molecular weight excluding hydrogens is 279 g/mol. The highest BCUT2D eigenvalue weighted by Gasteiger charge is 2.18. The lowest BCUT2D eigenvalue weighted by atomic mass is 10.2. The summed E-state index contributed by atoms with van der Waals surface area (Å²) in [5, 5.41) is 9.11. The zero-order valence-corrected chi connectivity index (χ0v) is 11.4. The van der Waals surface area contributed by atoms with Crippen molar-refractivity contribution in [2.24, 2.45) is 0 Å². The molecule has 0 amide bonds. The molecular formula is C15H13FO5. The van der Waals surface area contributed by atoms with Gasteiger partial charge in [0, 0.05) is 0 Å². The van der Waals surface area contributed by atoms with E-state index in [-0.39, 0.29) is 17.1 Å². The molecule has 0 saturated carbocycles. The fraction of sp³-hybridized carbons (Fsp3) is 0.133. The third-order valence-electron chi connectivity index (χ3n) is 2.77. The summed E-state index contributed by atoms with van der Waals surface area (Å²) in [6, 6.07) is 8.23. The van der Waals surface area contributed by atoms with Crippen LogP contribution in [0.5, 0.6) is 23.0 Å². The van der Waals surface area contributed by atoms with E-state index in [2.05, 4.69) is 0 Å². The molecule has 0 aromatic heterocycles. The Hall–Kier alpha value is -2.76. The van der Waals surface area contributed by atoms with Crippen LogP contribution < -0.4 is 14.2 Å². The van der Waals surface area contributed by atoms with E-state index in [0.29, 0.717) is 11.5 Å². The zero-order valence-electron chi connectivity index (χ0n) is 11.4. The van der Waals surface area contributed by atoms with Crippen molar-refractivity contribution in [2.75, 3.05) is 14.2 Å². The normalized spacial score (nSPS) is 10.0. The Kier molecular flexibility index (Phi) is 4.27. The topological polar surface area (TPSA) is 65.0 Å². The van der Waals surface area contributed by atoms with E-state index in [1.54, 1.807) is 18.2 Å². The Morgan fingerprint density at radius 2 is 1.67 bits per heavy atom. The second-order valence-corrected chi connectivity index (χ2v) is 4.04. The van der Waals surface area contributed by atoms with E-state index in [0.717, 1.165) is 12.1 Å². The molecule has 2 rings (SSSR count). The van der Waals surface area contributed by atoms with Crippen molar-refractivity contribution < 1.29 is 28.5 Å². The largest absolute Gasteiger partial charge is 0.493 e. The van der Waals surface area contributed by atoms with Crippen molar-refractivity contribution in [3.63, 3.8) is 0 Å². The fourth-order valence-electron chi connectivity index (χ4n) is 1.79. The molecule has 0 aliphatic heterocycles. The molecule has 0 saturated heterocycles. The van der Waals surface area contributed by atoms with Crippen LogP contribution in [-0.2, 0) is 0 Å². The molecule has 2 aromatic rings. The molecule has 0 radical (unpaired) electrons. The van der Waals surface area contributed by atoms with Gasteiger partial charge in [-0.05, 0) is 30.3 Å².